The Bertz CT molecular complexity index is 367. The number of aromatic nitrogens is 2. The van der Waals surface area contributed by atoms with E-state index in [1.54, 1.807) is 4.90 Å². The molecule has 0 aliphatic heterocycles. The lowest BCUT2D eigenvalue weighted by Crippen LogP contribution is -2.24. The lowest BCUT2D eigenvalue weighted by molar-refractivity contribution is 0.838. The third kappa shape index (κ3) is 2.83. The highest BCUT2D eigenvalue weighted by atomic mass is 15.2. The summed E-state index contributed by atoms with van der Waals surface area (Å²) < 4.78 is 0. The number of hydrogen-bond donors (Lipinski definition) is 0. The van der Waals surface area contributed by atoms with Crippen LogP contribution in [0, 0.1) is 11.3 Å². The van der Waals surface area contributed by atoms with Gasteiger partial charge in [-0.2, -0.15) is 5.26 Å². The summed E-state index contributed by atoms with van der Waals surface area (Å²) in [6, 6.07) is 4.00. The van der Waals surface area contributed by atoms with Crippen molar-refractivity contribution in [1.29, 1.82) is 5.26 Å². The molecular weight excluding hydrogens is 202 g/mol. The molecule has 0 fully saturated rings. The molecule has 16 heavy (non-hydrogen) atoms. The van der Waals surface area contributed by atoms with Gasteiger partial charge in [0.05, 0.1) is 6.07 Å². The first-order valence-corrected chi connectivity index (χ1v) is 5.38. The van der Waals surface area contributed by atoms with Crippen molar-refractivity contribution in [2.24, 2.45) is 0 Å². The van der Waals surface area contributed by atoms with Crippen molar-refractivity contribution in [3.63, 3.8) is 0 Å². The highest BCUT2D eigenvalue weighted by molar-refractivity contribution is 5.49. The molecule has 1 aromatic heterocycles. The third-order valence-corrected chi connectivity index (χ3v) is 2.42. The molecule has 5 nitrogen and oxygen atoms in total. The predicted octanol–water partition coefficient (Wildman–Crippen LogP) is 1.28. The fourth-order valence-electron chi connectivity index (χ4n) is 1.45. The summed E-state index contributed by atoms with van der Waals surface area (Å²) in [6.45, 7) is 6.33. The van der Waals surface area contributed by atoms with Gasteiger partial charge in [0, 0.05) is 26.2 Å². The maximum atomic E-state index is 8.62. The van der Waals surface area contributed by atoms with Crippen LogP contribution in [0.15, 0.2) is 12.4 Å². The summed E-state index contributed by atoms with van der Waals surface area (Å²) in [5.41, 5.74) is 0. The van der Waals surface area contributed by atoms with Crippen LogP contribution in [0.2, 0.25) is 0 Å². The van der Waals surface area contributed by atoms with Crippen molar-refractivity contribution in [3.8, 4) is 6.07 Å². The Kier molecular flexibility index (Phi) is 4.52. The minimum absolute atomic E-state index is 0.328. The van der Waals surface area contributed by atoms with Gasteiger partial charge in [0.2, 0.25) is 0 Å². The second-order valence-corrected chi connectivity index (χ2v) is 3.42. The number of nitriles is 1. The number of rotatable bonds is 5. The molecule has 0 spiro atoms. The van der Waals surface area contributed by atoms with Gasteiger partial charge in [-0.25, -0.2) is 9.97 Å². The standard InChI is InChI=1S/C11H17N5/c1-4-16(5-2)11-8-10(13-9-14-11)15(3)7-6-12/h8-9H,4-5,7H2,1-3H3. The quantitative estimate of drug-likeness (QED) is 0.698. The third-order valence-electron chi connectivity index (χ3n) is 2.42. The van der Waals surface area contributed by atoms with Crippen molar-refractivity contribution in [2.75, 3.05) is 36.5 Å². The van der Waals surface area contributed by atoms with Crippen molar-refractivity contribution >= 4 is 11.6 Å². The zero-order chi connectivity index (χ0) is 12.0. The molecule has 0 aromatic carbocycles. The van der Waals surface area contributed by atoms with Crippen molar-refractivity contribution in [1.82, 2.24) is 9.97 Å². The monoisotopic (exact) mass is 219 g/mol. The van der Waals surface area contributed by atoms with E-state index in [0.717, 1.165) is 24.7 Å². The van der Waals surface area contributed by atoms with Gasteiger partial charge in [-0.1, -0.05) is 0 Å². The molecule has 1 rings (SSSR count). The SMILES string of the molecule is CCN(CC)c1cc(N(C)CC#N)ncn1. The van der Waals surface area contributed by atoms with Gasteiger partial charge in [0.25, 0.3) is 0 Å². The van der Waals surface area contributed by atoms with Gasteiger partial charge in [-0.05, 0) is 13.8 Å². The Morgan fingerprint density at radius 2 is 1.88 bits per heavy atom. The van der Waals surface area contributed by atoms with Gasteiger partial charge in [-0.3, -0.25) is 0 Å². The Labute approximate surface area is 96.3 Å². The second-order valence-electron chi connectivity index (χ2n) is 3.42. The largest absolute Gasteiger partial charge is 0.357 e. The molecule has 0 N–H and O–H groups in total. The zero-order valence-corrected chi connectivity index (χ0v) is 10.0. The van der Waals surface area contributed by atoms with Crippen molar-refractivity contribution in [2.45, 2.75) is 13.8 Å². The first-order chi connectivity index (χ1) is 7.72. The molecule has 5 heteroatoms. The van der Waals surface area contributed by atoms with Crippen molar-refractivity contribution in [3.05, 3.63) is 12.4 Å². The van der Waals surface area contributed by atoms with Gasteiger partial charge in [-0.15, -0.1) is 0 Å². The van der Waals surface area contributed by atoms with E-state index in [1.165, 1.54) is 6.33 Å². The number of anilines is 2. The summed E-state index contributed by atoms with van der Waals surface area (Å²) in [5, 5.41) is 8.62. The maximum absolute atomic E-state index is 8.62. The molecule has 0 aliphatic carbocycles. The number of nitrogens with zero attached hydrogens (tertiary/aromatic N) is 5. The zero-order valence-electron chi connectivity index (χ0n) is 10.0. The van der Waals surface area contributed by atoms with E-state index in [9.17, 15) is 0 Å². The van der Waals surface area contributed by atoms with Crippen LogP contribution < -0.4 is 9.80 Å². The molecule has 0 unspecified atom stereocenters. The first-order valence-electron chi connectivity index (χ1n) is 5.38. The average Bonchev–Trinajstić information content (AvgIpc) is 2.31. The van der Waals surface area contributed by atoms with Crippen molar-refractivity contribution < 1.29 is 0 Å². The van der Waals surface area contributed by atoms with Gasteiger partial charge in [0.1, 0.15) is 24.5 Å². The van der Waals surface area contributed by atoms with Crippen LogP contribution in [0.25, 0.3) is 0 Å². The fraction of sp³-hybridized carbons (Fsp3) is 0.545. The molecule has 0 amide bonds. The molecule has 0 atom stereocenters. The average molecular weight is 219 g/mol. The van der Waals surface area contributed by atoms with Crippen LogP contribution in [0.1, 0.15) is 13.8 Å². The Balaban J connectivity index is 2.90. The summed E-state index contributed by atoms with van der Waals surface area (Å²) in [5.74, 6) is 1.68. The molecule has 0 aliphatic rings. The van der Waals surface area contributed by atoms with Crippen LogP contribution in [0.5, 0.6) is 0 Å². The molecule has 0 radical (unpaired) electrons. The molecule has 0 saturated carbocycles. The number of hydrogen-bond acceptors (Lipinski definition) is 5. The summed E-state index contributed by atoms with van der Waals surface area (Å²) >= 11 is 0. The fourth-order valence-corrected chi connectivity index (χ4v) is 1.45. The molecule has 0 saturated heterocycles. The Hall–Kier alpha value is -1.83. The topological polar surface area (TPSA) is 56.0 Å². The van der Waals surface area contributed by atoms with Crippen LogP contribution in [0.4, 0.5) is 11.6 Å². The highest BCUT2D eigenvalue weighted by Gasteiger charge is 2.07. The van der Waals surface area contributed by atoms with Crippen LogP contribution in [-0.4, -0.2) is 36.6 Å². The molecule has 1 aromatic rings. The van der Waals surface area contributed by atoms with Crippen LogP contribution >= 0.6 is 0 Å². The summed E-state index contributed by atoms with van der Waals surface area (Å²) in [4.78, 5) is 12.3. The molecule has 1 heterocycles. The van der Waals surface area contributed by atoms with E-state index in [1.807, 2.05) is 13.1 Å². The predicted molar refractivity (Wildman–Crippen MR) is 64.5 cm³/mol. The van der Waals surface area contributed by atoms with Gasteiger partial charge < -0.3 is 9.80 Å². The van der Waals surface area contributed by atoms with E-state index in [0.29, 0.717) is 6.54 Å². The second kappa shape index (κ2) is 5.91. The van der Waals surface area contributed by atoms with Crippen LogP contribution in [0.3, 0.4) is 0 Å². The lowest BCUT2D eigenvalue weighted by Gasteiger charge is -2.21. The first kappa shape index (κ1) is 12.2. The highest BCUT2D eigenvalue weighted by Crippen LogP contribution is 2.15. The lowest BCUT2D eigenvalue weighted by atomic mass is 10.4. The van der Waals surface area contributed by atoms with E-state index in [2.05, 4.69) is 34.8 Å². The minimum atomic E-state index is 0.328. The minimum Gasteiger partial charge on any atom is -0.357 e. The van der Waals surface area contributed by atoms with E-state index >= 15 is 0 Å². The van der Waals surface area contributed by atoms with Gasteiger partial charge in [0.15, 0.2) is 0 Å². The van der Waals surface area contributed by atoms with E-state index in [4.69, 9.17) is 5.26 Å². The molecule has 0 bridgehead atoms. The Morgan fingerprint density at radius 1 is 1.25 bits per heavy atom. The summed E-state index contributed by atoms with van der Waals surface area (Å²) in [7, 11) is 1.84. The van der Waals surface area contributed by atoms with E-state index in [-0.39, 0.29) is 0 Å². The van der Waals surface area contributed by atoms with Crippen LogP contribution in [-0.2, 0) is 0 Å². The summed E-state index contributed by atoms with van der Waals surface area (Å²) in [6.07, 6.45) is 1.54. The Morgan fingerprint density at radius 3 is 2.44 bits per heavy atom. The maximum Gasteiger partial charge on any atom is 0.134 e. The molecular formula is C11H17N5. The van der Waals surface area contributed by atoms with E-state index < -0.39 is 0 Å². The normalized spacial score (nSPS) is 9.62. The van der Waals surface area contributed by atoms with Gasteiger partial charge >= 0.3 is 0 Å². The molecule has 86 valence electrons. The smallest absolute Gasteiger partial charge is 0.134 e.